The summed E-state index contributed by atoms with van der Waals surface area (Å²) < 4.78 is 25.0. The van der Waals surface area contributed by atoms with Crippen LogP contribution in [0.3, 0.4) is 0 Å². The van der Waals surface area contributed by atoms with Crippen LogP contribution < -0.4 is 9.47 Å². The number of carbonyl (C=O) groups is 2. The van der Waals surface area contributed by atoms with Gasteiger partial charge in [0.25, 0.3) is 11.7 Å². The summed E-state index contributed by atoms with van der Waals surface area (Å²) in [5, 5.41) is 11.1. The van der Waals surface area contributed by atoms with E-state index < -0.39 is 23.5 Å². The number of benzene rings is 3. The molecule has 0 spiro atoms. The molecule has 3 aromatic rings. The number of Topliss-reactive ketones (excluding diaryl/α,β-unsaturated/α-hetero) is 1. The number of hydrogen-bond acceptors (Lipinski definition) is 5. The molecular weight excluding hydrogens is 425 g/mol. The summed E-state index contributed by atoms with van der Waals surface area (Å²) in [5.74, 6) is -1.49. The van der Waals surface area contributed by atoms with E-state index in [1.54, 1.807) is 66.7 Å². The number of aliphatic hydroxyl groups is 1. The quantitative estimate of drug-likeness (QED) is 0.343. The molecule has 1 aliphatic rings. The molecule has 1 fully saturated rings. The van der Waals surface area contributed by atoms with Crippen molar-refractivity contribution < 1.29 is 28.6 Å². The zero-order chi connectivity index (χ0) is 23.5. The average molecular weight is 447 g/mol. The summed E-state index contributed by atoms with van der Waals surface area (Å²) in [7, 11) is 3.00. The van der Waals surface area contributed by atoms with Crippen molar-refractivity contribution in [1.29, 1.82) is 0 Å². The highest BCUT2D eigenvalue weighted by atomic mass is 19.1. The highest BCUT2D eigenvalue weighted by Gasteiger charge is 2.47. The Labute approximate surface area is 190 Å². The standard InChI is InChI=1S/C26H22FNO5/c1-32-18-13-11-16(12-14-18)24(29)22-23(19-8-4-6-10-21(19)33-2)28(26(31)25(22)30)15-17-7-3-5-9-20(17)27/h3-14,23,29H,15H2,1-2H3. The summed E-state index contributed by atoms with van der Waals surface area (Å²) >= 11 is 0. The first-order chi connectivity index (χ1) is 16.0. The summed E-state index contributed by atoms with van der Waals surface area (Å²) in [6.07, 6.45) is 0. The first-order valence-corrected chi connectivity index (χ1v) is 10.3. The molecule has 33 heavy (non-hydrogen) atoms. The number of amides is 1. The first-order valence-electron chi connectivity index (χ1n) is 10.3. The second-order valence-corrected chi connectivity index (χ2v) is 7.49. The molecule has 1 aliphatic heterocycles. The lowest BCUT2D eigenvalue weighted by atomic mass is 9.94. The SMILES string of the molecule is COc1ccc(C(O)=C2C(=O)C(=O)N(Cc3ccccc3F)C2c2ccccc2OC)cc1. The number of carbonyl (C=O) groups excluding carboxylic acids is 2. The van der Waals surface area contributed by atoms with Gasteiger partial charge in [-0.3, -0.25) is 9.59 Å². The molecule has 0 saturated carbocycles. The van der Waals surface area contributed by atoms with Gasteiger partial charge in [-0.15, -0.1) is 0 Å². The van der Waals surface area contributed by atoms with Gasteiger partial charge < -0.3 is 19.5 Å². The molecule has 0 bridgehead atoms. The largest absolute Gasteiger partial charge is 0.507 e. The van der Waals surface area contributed by atoms with E-state index in [2.05, 4.69) is 0 Å². The Morgan fingerprint density at radius 1 is 0.939 bits per heavy atom. The van der Waals surface area contributed by atoms with Crippen LogP contribution in [0.4, 0.5) is 4.39 Å². The highest BCUT2D eigenvalue weighted by molar-refractivity contribution is 6.46. The van der Waals surface area contributed by atoms with Gasteiger partial charge in [-0.1, -0.05) is 36.4 Å². The minimum atomic E-state index is -0.970. The van der Waals surface area contributed by atoms with Crippen LogP contribution in [0, 0.1) is 5.82 Å². The Morgan fingerprint density at radius 3 is 2.27 bits per heavy atom. The van der Waals surface area contributed by atoms with Crippen molar-refractivity contribution in [3.8, 4) is 11.5 Å². The van der Waals surface area contributed by atoms with E-state index in [4.69, 9.17) is 9.47 Å². The van der Waals surface area contributed by atoms with E-state index in [0.29, 0.717) is 22.6 Å². The lowest BCUT2D eigenvalue weighted by Gasteiger charge is -2.26. The van der Waals surface area contributed by atoms with Gasteiger partial charge >= 0.3 is 0 Å². The summed E-state index contributed by atoms with van der Waals surface area (Å²) in [6, 6.07) is 18.5. The van der Waals surface area contributed by atoms with Crippen LogP contribution in [-0.2, 0) is 16.1 Å². The van der Waals surface area contributed by atoms with E-state index >= 15 is 0 Å². The third-order valence-corrected chi connectivity index (χ3v) is 5.64. The number of likely N-dealkylation sites (tertiary alicyclic amines) is 1. The molecule has 1 unspecified atom stereocenters. The number of halogens is 1. The molecule has 1 saturated heterocycles. The molecule has 1 atom stereocenters. The van der Waals surface area contributed by atoms with Crippen molar-refractivity contribution in [3.05, 3.63) is 101 Å². The number of methoxy groups -OCH3 is 2. The van der Waals surface area contributed by atoms with Gasteiger partial charge in [0.05, 0.1) is 25.8 Å². The Hall–Kier alpha value is -4.13. The van der Waals surface area contributed by atoms with Crippen LogP contribution in [0.2, 0.25) is 0 Å². The topological polar surface area (TPSA) is 76.1 Å². The molecule has 6 nitrogen and oxygen atoms in total. The number of ketones is 1. The number of nitrogens with zero attached hydrogens (tertiary/aromatic N) is 1. The van der Waals surface area contributed by atoms with Crippen LogP contribution in [0.1, 0.15) is 22.7 Å². The van der Waals surface area contributed by atoms with Crippen LogP contribution in [0.15, 0.2) is 78.4 Å². The Balaban J connectivity index is 1.89. The molecule has 1 N–H and O–H groups in total. The van der Waals surface area contributed by atoms with Gasteiger partial charge in [0.15, 0.2) is 0 Å². The molecule has 0 radical (unpaired) electrons. The van der Waals surface area contributed by atoms with Gasteiger partial charge in [-0.25, -0.2) is 4.39 Å². The minimum Gasteiger partial charge on any atom is -0.507 e. The maximum Gasteiger partial charge on any atom is 0.295 e. The number of rotatable bonds is 6. The van der Waals surface area contributed by atoms with E-state index in [0.717, 1.165) is 0 Å². The van der Waals surface area contributed by atoms with Gasteiger partial charge in [-0.05, 0) is 36.4 Å². The maximum absolute atomic E-state index is 14.4. The first kappa shape index (κ1) is 22.1. The Kier molecular flexibility index (Phi) is 6.13. The molecule has 0 aromatic heterocycles. The maximum atomic E-state index is 14.4. The summed E-state index contributed by atoms with van der Waals surface area (Å²) in [4.78, 5) is 27.5. The van der Waals surface area contributed by atoms with Crippen LogP contribution in [0.25, 0.3) is 5.76 Å². The zero-order valence-electron chi connectivity index (χ0n) is 18.1. The highest BCUT2D eigenvalue weighted by Crippen LogP contribution is 2.43. The number of aliphatic hydroxyl groups excluding tert-OH is 1. The van der Waals surface area contributed by atoms with Crippen molar-refractivity contribution in [3.63, 3.8) is 0 Å². The van der Waals surface area contributed by atoms with Crippen LogP contribution in [0.5, 0.6) is 11.5 Å². The second kappa shape index (κ2) is 9.16. The van der Waals surface area contributed by atoms with Crippen molar-refractivity contribution >= 4 is 17.4 Å². The summed E-state index contributed by atoms with van der Waals surface area (Å²) in [5.41, 5.74) is 1.01. The van der Waals surface area contributed by atoms with Crippen LogP contribution >= 0.6 is 0 Å². The zero-order valence-corrected chi connectivity index (χ0v) is 18.1. The number of para-hydroxylation sites is 1. The van der Waals surface area contributed by atoms with E-state index in [9.17, 15) is 19.1 Å². The summed E-state index contributed by atoms with van der Waals surface area (Å²) in [6.45, 7) is -0.153. The van der Waals surface area contributed by atoms with Gasteiger partial charge in [0.1, 0.15) is 23.1 Å². The second-order valence-electron chi connectivity index (χ2n) is 7.49. The predicted octanol–water partition coefficient (Wildman–Crippen LogP) is 4.46. The molecule has 1 amide bonds. The predicted molar refractivity (Wildman–Crippen MR) is 120 cm³/mol. The van der Waals surface area contributed by atoms with Crippen molar-refractivity contribution in [2.24, 2.45) is 0 Å². The smallest absolute Gasteiger partial charge is 0.295 e. The number of hydrogen-bond donors (Lipinski definition) is 1. The fourth-order valence-electron chi connectivity index (χ4n) is 3.97. The normalized spacial score (nSPS) is 17.3. The molecular formula is C26H22FNO5. The fourth-order valence-corrected chi connectivity index (χ4v) is 3.97. The minimum absolute atomic E-state index is 0.0917. The average Bonchev–Trinajstić information content (AvgIpc) is 3.09. The molecule has 7 heteroatoms. The molecule has 4 rings (SSSR count). The van der Waals surface area contributed by atoms with Crippen LogP contribution in [-0.4, -0.2) is 35.9 Å². The fraction of sp³-hybridized carbons (Fsp3) is 0.154. The molecule has 0 aliphatic carbocycles. The lowest BCUT2D eigenvalue weighted by molar-refractivity contribution is -0.140. The molecule has 168 valence electrons. The third kappa shape index (κ3) is 4.05. The van der Waals surface area contributed by atoms with Crippen molar-refractivity contribution in [2.75, 3.05) is 14.2 Å². The Morgan fingerprint density at radius 2 is 1.61 bits per heavy atom. The Bertz CT molecular complexity index is 1240. The van der Waals surface area contributed by atoms with Gasteiger partial charge in [-0.2, -0.15) is 0 Å². The molecule has 3 aromatic carbocycles. The van der Waals surface area contributed by atoms with Crippen molar-refractivity contribution in [2.45, 2.75) is 12.6 Å². The number of ether oxygens (including phenoxy) is 2. The van der Waals surface area contributed by atoms with Gasteiger partial charge in [0.2, 0.25) is 0 Å². The van der Waals surface area contributed by atoms with Crippen molar-refractivity contribution in [1.82, 2.24) is 4.90 Å². The van der Waals surface area contributed by atoms with E-state index in [1.165, 1.54) is 25.2 Å². The van der Waals surface area contributed by atoms with Gasteiger partial charge in [0, 0.05) is 23.2 Å². The third-order valence-electron chi connectivity index (χ3n) is 5.64. The monoisotopic (exact) mass is 447 g/mol. The van der Waals surface area contributed by atoms with E-state index in [1.807, 2.05) is 0 Å². The molecule has 1 heterocycles. The lowest BCUT2D eigenvalue weighted by Crippen LogP contribution is -2.29. The van der Waals surface area contributed by atoms with E-state index in [-0.39, 0.29) is 23.4 Å².